The first kappa shape index (κ1) is 16.8. The number of urea groups is 1. The molecule has 1 aliphatic heterocycles. The summed E-state index contributed by atoms with van der Waals surface area (Å²) >= 11 is 1.44. The van der Waals surface area contributed by atoms with Crippen molar-refractivity contribution in [1.82, 2.24) is 15.2 Å². The highest BCUT2D eigenvalue weighted by molar-refractivity contribution is 8.15. The van der Waals surface area contributed by atoms with Crippen LogP contribution >= 0.6 is 11.8 Å². The monoisotopic (exact) mass is 300 g/mol. The van der Waals surface area contributed by atoms with Crippen molar-refractivity contribution in [2.24, 2.45) is 10.5 Å². The molecule has 0 aromatic carbocycles. The van der Waals surface area contributed by atoms with Gasteiger partial charge in [0.1, 0.15) is 4.87 Å². The molecule has 0 bridgehead atoms. The summed E-state index contributed by atoms with van der Waals surface area (Å²) in [7, 11) is 3.21. The number of hydrogen-bond donors (Lipinski definition) is 1. The Morgan fingerprint density at radius 3 is 2.40 bits per heavy atom. The van der Waals surface area contributed by atoms with Crippen molar-refractivity contribution in [3.05, 3.63) is 0 Å². The summed E-state index contributed by atoms with van der Waals surface area (Å²) in [5.41, 5.74) is -0.512. The lowest BCUT2D eigenvalue weighted by molar-refractivity contribution is -0.142. The van der Waals surface area contributed by atoms with Gasteiger partial charge in [0.05, 0.1) is 0 Å². The highest BCUT2D eigenvalue weighted by Gasteiger charge is 2.46. The topological polar surface area (TPSA) is 65.0 Å². The van der Waals surface area contributed by atoms with Gasteiger partial charge in [-0.05, 0) is 13.3 Å². The average molecular weight is 300 g/mol. The van der Waals surface area contributed by atoms with Gasteiger partial charge < -0.3 is 5.32 Å². The second-order valence-electron chi connectivity index (χ2n) is 5.99. The molecule has 7 heteroatoms. The predicted molar refractivity (Wildman–Crippen MR) is 82.2 cm³/mol. The number of amidine groups is 1. The Hall–Kier alpha value is -1.24. The molecule has 1 N–H and O–H groups in total. The normalized spacial score (nSPS) is 22.6. The Morgan fingerprint density at radius 2 is 2.00 bits per heavy atom. The van der Waals surface area contributed by atoms with Gasteiger partial charge in [-0.15, -0.1) is 5.10 Å². The van der Waals surface area contributed by atoms with E-state index in [1.165, 1.54) is 21.7 Å². The van der Waals surface area contributed by atoms with Crippen molar-refractivity contribution in [2.45, 2.75) is 45.9 Å². The fourth-order valence-corrected chi connectivity index (χ4v) is 2.73. The molecule has 6 nitrogen and oxygen atoms in total. The van der Waals surface area contributed by atoms with Gasteiger partial charge in [0.15, 0.2) is 5.17 Å². The number of rotatable bonds is 1. The molecule has 0 aliphatic carbocycles. The molecule has 114 valence electrons. The molecular formula is C13H24N4O2S. The van der Waals surface area contributed by atoms with E-state index in [4.69, 9.17) is 0 Å². The van der Waals surface area contributed by atoms with Crippen molar-refractivity contribution >= 4 is 28.9 Å². The predicted octanol–water partition coefficient (Wildman–Crippen LogP) is 2.28. The molecule has 20 heavy (non-hydrogen) atoms. The zero-order valence-corrected chi connectivity index (χ0v) is 14.1. The summed E-state index contributed by atoms with van der Waals surface area (Å²) in [5, 5.41) is 8.98. The Bertz CT molecular complexity index is 444. The summed E-state index contributed by atoms with van der Waals surface area (Å²) in [6.45, 7) is 9.58. The zero-order chi connectivity index (χ0) is 15.7. The number of nitrogens with one attached hydrogen (secondary N) is 1. The largest absolute Gasteiger partial charge is 0.341 e. The van der Waals surface area contributed by atoms with Crippen molar-refractivity contribution in [1.29, 1.82) is 0 Å². The van der Waals surface area contributed by atoms with E-state index < -0.39 is 10.3 Å². The minimum atomic E-state index is -0.512. The van der Waals surface area contributed by atoms with Crippen LogP contribution in [-0.2, 0) is 4.79 Å². The van der Waals surface area contributed by atoms with Gasteiger partial charge in [-0.25, -0.2) is 9.80 Å². The van der Waals surface area contributed by atoms with E-state index in [1.54, 1.807) is 14.1 Å². The van der Waals surface area contributed by atoms with Gasteiger partial charge >= 0.3 is 6.03 Å². The lowest BCUT2D eigenvalue weighted by atomic mass is 9.94. The third-order valence-corrected chi connectivity index (χ3v) is 4.68. The van der Waals surface area contributed by atoms with E-state index in [0.717, 1.165) is 6.42 Å². The van der Waals surface area contributed by atoms with E-state index in [-0.39, 0.29) is 11.9 Å². The standard InChI is InChI=1S/C13H24N4O2S/c1-8-13(5)17(9(18)12(2,3)4)15-11(20-13)16(7)10(19)14-6/h8H2,1-7H3,(H,14,19). The maximum atomic E-state index is 12.5. The summed E-state index contributed by atoms with van der Waals surface area (Å²) in [5.74, 6) is -0.0466. The highest BCUT2D eigenvalue weighted by Crippen LogP contribution is 2.42. The molecule has 1 unspecified atom stereocenters. The van der Waals surface area contributed by atoms with Crippen molar-refractivity contribution < 1.29 is 9.59 Å². The van der Waals surface area contributed by atoms with Crippen molar-refractivity contribution in [2.75, 3.05) is 14.1 Å². The smallest absolute Gasteiger partial charge is 0.322 e. The van der Waals surface area contributed by atoms with Gasteiger partial charge in [-0.3, -0.25) is 9.69 Å². The van der Waals surface area contributed by atoms with Gasteiger partial charge in [-0.2, -0.15) is 0 Å². The number of carbonyl (C=O) groups excluding carboxylic acids is 2. The van der Waals surface area contributed by atoms with Gasteiger partial charge in [0.2, 0.25) is 5.91 Å². The van der Waals surface area contributed by atoms with Crippen LogP contribution in [-0.4, -0.2) is 46.0 Å². The van der Waals surface area contributed by atoms with Crippen LogP contribution in [0, 0.1) is 5.41 Å². The van der Waals surface area contributed by atoms with Crippen LogP contribution in [0.3, 0.4) is 0 Å². The second kappa shape index (κ2) is 5.63. The number of hydrazone groups is 1. The lowest BCUT2D eigenvalue weighted by Gasteiger charge is -2.34. The van der Waals surface area contributed by atoms with Gasteiger partial charge in [-0.1, -0.05) is 39.5 Å². The third kappa shape index (κ3) is 3.08. The maximum Gasteiger partial charge on any atom is 0.322 e. The summed E-state index contributed by atoms with van der Waals surface area (Å²) in [6, 6.07) is -0.250. The van der Waals surface area contributed by atoms with E-state index in [0.29, 0.717) is 5.17 Å². The van der Waals surface area contributed by atoms with Crippen LogP contribution in [0.5, 0.6) is 0 Å². The first-order valence-electron chi connectivity index (χ1n) is 6.64. The van der Waals surface area contributed by atoms with Crippen molar-refractivity contribution in [3.63, 3.8) is 0 Å². The summed E-state index contributed by atoms with van der Waals surface area (Å²) < 4.78 is 0. The van der Waals surface area contributed by atoms with E-state index in [9.17, 15) is 9.59 Å². The molecular weight excluding hydrogens is 276 g/mol. The Labute approximate surface area is 124 Å². The van der Waals surface area contributed by atoms with E-state index >= 15 is 0 Å². The molecule has 0 radical (unpaired) electrons. The molecule has 3 amide bonds. The Kier molecular flexibility index (Phi) is 4.74. The van der Waals surface area contributed by atoms with Crippen LogP contribution < -0.4 is 5.32 Å². The van der Waals surface area contributed by atoms with Crippen LogP contribution in [0.15, 0.2) is 5.10 Å². The molecule has 1 aliphatic rings. The maximum absolute atomic E-state index is 12.5. The Balaban J connectivity index is 3.10. The number of thioether (sulfide) groups is 1. The number of carbonyl (C=O) groups is 2. The SMILES string of the molecule is CCC1(C)SC(N(C)C(=O)NC)=NN1C(=O)C(C)(C)C. The van der Waals surface area contributed by atoms with Crippen LogP contribution in [0.25, 0.3) is 0 Å². The third-order valence-electron chi connectivity index (χ3n) is 3.24. The molecule has 0 saturated heterocycles. The van der Waals surface area contributed by atoms with Gasteiger partial charge in [0, 0.05) is 19.5 Å². The molecule has 0 aromatic rings. The lowest BCUT2D eigenvalue weighted by Crippen LogP contribution is -2.45. The molecule has 0 spiro atoms. The molecule has 0 saturated carbocycles. The minimum absolute atomic E-state index is 0.0466. The molecule has 1 rings (SSSR count). The zero-order valence-electron chi connectivity index (χ0n) is 13.3. The second-order valence-corrected chi connectivity index (χ2v) is 7.44. The fraction of sp³-hybridized carbons (Fsp3) is 0.769. The van der Waals surface area contributed by atoms with Crippen LogP contribution in [0.2, 0.25) is 0 Å². The molecule has 1 heterocycles. The fourth-order valence-electron chi connectivity index (χ4n) is 1.64. The molecule has 0 aromatic heterocycles. The van der Waals surface area contributed by atoms with Crippen LogP contribution in [0.1, 0.15) is 41.0 Å². The van der Waals surface area contributed by atoms with E-state index in [2.05, 4.69) is 10.4 Å². The first-order chi connectivity index (χ1) is 9.06. The minimum Gasteiger partial charge on any atom is -0.341 e. The quantitative estimate of drug-likeness (QED) is 0.808. The molecule has 0 fully saturated rings. The van der Waals surface area contributed by atoms with E-state index in [1.807, 2.05) is 34.6 Å². The first-order valence-corrected chi connectivity index (χ1v) is 7.46. The van der Waals surface area contributed by atoms with Crippen LogP contribution in [0.4, 0.5) is 4.79 Å². The summed E-state index contributed by atoms with van der Waals surface area (Å²) in [4.78, 5) is 25.2. The van der Waals surface area contributed by atoms with Gasteiger partial charge in [0.25, 0.3) is 0 Å². The van der Waals surface area contributed by atoms with Crippen molar-refractivity contribution in [3.8, 4) is 0 Å². The number of hydrogen-bond acceptors (Lipinski definition) is 4. The number of amides is 3. The summed E-state index contributed by atoms with van der Waals surface area (Å²) in [6.07, 6.45) is 0.744. The molecule has 1 atom stereocenters. The Morgan fingerprint density at radius 1 is 1.45 bits per heavy atom. The highest BCUT2D eigenvalue weighted by atomic mass is 32.2. The average Bonchev–Trinajstić information content (AvgIpc) is 2.73. The number of nitrogens with zero attached hydrogens (tertiary/aromatic N) is 3.